The van der Waals surface area contributed by atoms with Gasteiger partial charge in [0.15, 0.2) is 6.29 Å². The largest absolute Gasteiger partial charge is 0.312 e. The third kappa shape index (κ3) is 1.76. The summed E-state index contributed by atoms with van der Waals surface area (Å²) in [6, 6.07) is 3.44. The van der Waals surface area contributed by atoms with Crippen molar-refractivity contribution in [2.45, 2.75) is 33.2 Å². The summed E-state index contributed by atoms with van der Waals surface area (Å²) >= 11 is 0. The highest BCUT2D eigenvalue weighted by atomic mass is 16.1. The van der Waals surface area contributed by atoms with Crippen LogP contribution < -0.4 is 5.56 Å². The minimum atomic E-state index is -0.186. The number of rotatable bonds is 3. The Balaban J connectivity index is 3.43. The predicted molar refractivity (Wildman–Crippen MR) is 55.9 cm³/mol. The molecule has 1 heterocycles. The van der Waals surface area contributed by atoms with Gasteiger partial charge in [-0.2, -0.15) is 0 Å². The molecular formula is C11H15NO2. The van der Waals surface area contributed by atoms with Crippen molar-refractivity contribution in [1.82, 2.24) is 4.57 Å². The van der Waals surface area contributed by atoms with E-state index in [1.807, 2.05) is 26.8 Å². The summed E-state index contributed by atoms with van der Waals surface area (Å²) in [5.41, 5.74) is 1.02. The fourth-order valence-corrected chi connectivity index (χ4v) is 1.53. The second kappa shape index (κ2) is 4.22. The van der Waals surface area contributed by atoms with Gasteiger partial charge < -0.3 is 4.57 Å². The van der Waals surface area contributed by atoms with E-state index in [-0.39, 0.29) is 11.1 Å². The molecule has 0 aromatic carbocycles. The van der Waals surface area contributed by atoms with E-state index in [2.05, 4.69) is 0 Å². The summed E-state index contributed by atoms with van der Waals surface area (Å²) < 4.78 is 1.65. The third-order valence-corrected chi connectivity index (χ3v) is 2.27. The first-order valence-corrected chi connectivity index (χ1v) is 4.80. The molecule has 1 aromatic rings. The number of carbonyl (C=O) groups excluding carboxylic acids is 1. The Kier molecular flexibility index (Phi) is 3.23. The van der Waals surface area contributed by atoms with Gasteiger partial charge in [0.2, 0.25) is 0 Å². The molecule has 3 nitrogen and oxygen atoms in total. The Hall–Kier alpha value is -1.38. The van der Waals surface area contributed by atoms with Gasteiger partial charge in [-0.1, -0.05) is 13.8 Å². The lowest BCUT2D eigenvalue weighted by atomic mass is 10.1. The normalized spacial score (nSPS) is 10.6. The molecule has 0 unspecified atom stereocenters. The summed E-state index contributed by atoms with van der Waals surface area (Å²) in [5, 5.41) is 0. The molecular weight excluding hydrogens is 178 g/mol. The van der Waals surface area contributed by atoms with Crippen molar-refractivity contribution in [3.63, 3.8) is 0 Å². The van der Waals surface area contributed by atoms with Gasteiger partial charge in [-0.05, 0) is 25.0 Å². The van der Waals surface area contributed by atoms with Crippen LogP contribution in [-0.2, 0) is 6.54 Å². The highest BCUT2D eigenvalue weighted by Crippen LogP contribution is 2.12. The average Bonchev–Trinajstić information content (AvgIpc) is 2.17. The standard InChI is InChI=1S/C11H15NO2/c1-4-12-10(8(2)3)6-5-9(7-13)11(12)14/h5-8H,4H2,1-3H3. The maximum atomic E-state index is 11.7. The smallest absolute Gasteiger partial charge is 0.261 e. The summed E-state index contributed by atoms with van der Waals surface area (Å²) in [5.74, 6) is 0.295. The first-order chi connectivity index (χ1) is 6.61. The zero-order valence-corrected chi connectivity index (χ0v) is 8.78. The molecule has 0 fully saturated rings. The summed E-state index contributed by atoms with van der Waals surface area (Å²) in [4.78, 5) is 22.3. The zero-order chi connectivity index (χ0) is 10.7. The van der Waals surface area contributed by atoms with Crippen LogP contribution in [0.5, 0.6) is 0 Å². The molecule has 0 saturated heterocycles. The Labute approximate surface area is 83.4 Å². The first-order valence-electron chi connectivity index (χ1n) is 4.80. The lowest BCUT2D eigenvalue weighted by Gasteiger charge is -2.13. The van der Waals surface area contributed by atoms with Crippen LogP contribution in [0.1, 0.15) is 42.7 Å². The van der Waals surface area contributed by atoms with Crippen LogP contribution in [0.4, 0.5) is 0 Å². The van der Waals surface area contributed by atoms with Gasteiger partial charge >= 0.3 is 0 Å². The van der Waals surface area contributed by atoms with Crippen molar-refractivity contribution in [1.29, 1.82) is 0 Å². The van der Waals surface area contributed by atoms with E-state index in [9.17, 15) is 9.59 Å². The number of aldehydes is 1. The molecule has 1 rings (SSSR count). The topological polar surface area (TPSA) is 39.1 Å². The lowest BCUT2D eigenvalue weighted by molar-refractivity contribution is 0.112. The number of hydrogen-bond acceptors (Lipinski definition) is 2. The van der Waals surface area contributed by atoms with E-state index in [1.165, 1.54) is 0 Å². The summed E-state index contributed by atoms with van der Waals surface area (Å²) in [6.07, 6.45) is 0.610. The van der Waals surface area contributed by atoms with Crippen LogP contribution in [0.25, 0.3) is 0 Å². The quantitative estimate of drug-likeness (QED) is 0.687. The molecule has 0 aliphatic rings. The van der Waals surface area contributed by atoms with Crippen molar-refractivity contribution in [3.05, 3.63) is 33.7 Å². The summed E-state index contributed by atoms with van der Waals surface area (Å²) in [7, 11) is 0. The molecule has 0 aliphatic carbocycles. The molecule has 1 aromatic heterocycles. The van der Waals surface area contributed by atoms with Gasteiger partial charge in [0, 0.05) is 12.2 Å². The zero-order valence-electron chi connectivity index (χ0n) is 8.78. The van der Waals surface area contributed by atoms with Crippen molar-refractivity contribution < 1.29 is 4.79 Å². The molecule has 0 aliphatic heterocycles. The second-order valence-corrected chi connectivity index (χ2v) is 3.54. The van der Waals surface area contributed by atoms with E-state index in [0.29, 0.717) is 18.7 Å². The molecule has 3 heteroatoms. The van der Waals surface area contributed by atoms with E-state index in [0.717, 1.165) is 5.69 Å². The van der Waals surface area contributed by atoms with E-state index >= 15 is 0 Å². The number of nitrogens with zero attached hydrogens (tertiary/aromatic N) is 1. The molecule has 76 valence electrons. The van der Waals surface area contributed by atoms with Crippen LogP contribution in [0, 0.1) is 0 Å². The minimum absolute atomic E-state index is 0.186. The molecule has 0 amide bonds. The monoisotopic (exact) mass is 193 g/mol. The fraction of sp³-hybridized carbons (Fsp3) is 0.455. The Bertz CT molecular complexity index is 391. The van der Waals surface area contributed by atoms with Crippen molar-refractivity contribution in [2.24, 2.45) is 0 Å². The molecule has 0 atom stereocenters. The Morgan fingerprint density at radius 1 is 1.43 bits per heavy atom. The average molecular weight is 193 g/mol. The first kappa shape index (κ1) is 10.7. The van der Waals surface area contributed by atoms with Crippen LogP contribution >= 0.6 is 0 Å². The molecule has 14 heavy (non-hydrogen) atoms. The Morgan fingerprint density at radius 3 is 2.50 bits per heavy atom. The van der Waals surface area contributed by atoms with E-state index < -0.39 is 0 Å². The van der Waals surface area contributed by atoms with E-state index in [1.54, 1.807) is 10.6 Å². The second-order valence-electron chi connectivity index (χ2n) is 3.54. The van der Waals surface area contributed by atoms with Gasteiger partial charge in [-0.3, -0.25) is 9.59 Å². The lowest BCUT2D eigenvalue weighted by Crippen LogP contribution is -2.26. The number of aromatic nitrogens is 1. The predicted octanol–water partition coefficient (Wildman–Crippen LogP) is 1.80. The van der Waals surface area contributed by atoms with Crippen molar-refractivity contribution >= 4 is 6.29 Å². The van der Waals surface area contributed by atoms with Gasteiger partial charge in [0.05, 0.1) is 5.56 Å². The van der Waals surface area contributed by atoms with E-state index in [4.69, 9.17) is 0 Å². The number of carbonyl (C=O) groups is 1. The molecule has 0 bridgehead atoms. The fourth-order valence-electron chi connectivity index (χ4n) is 1.53. The van der Waals surface area contributed by atoms with Gasteiger partial charge in [-0.25, -0.2) is 0 Å². The van der Waals surface area contributed by atoms with Crippen LogP contribution in [-0.4, -0.2) is 10.9 Å². The van der Waals surface area contributed by atoms with Gasteiger partial charge in [0.25, 0.3) is 5.56 Å². The van der Waals surface area contributed by atoms with Crippen molar-refractivity contribution in [2.75, 3.05) is 0 Å². The highest BCUT2D eigenvalue weighted by Gasteiger charge is 2.09. The van der Waals surface area contributed by atoms with Crippen LogP contribution in [0.3, 0.4) is 0 Å². The van der Waals surface area contributed by atoms with Gasteiger partial charge in [-0.15, -0.1) is 0 Å². The Morgan fingerprint density at radius 2 is 2.07 bits per heavy atom. The minimum Gasteiger partial charge on any atom is -0.312 e. The summed E-state index contributed by atoms with van der Waals surface area (Å²) in [6.45, 7) is 6.57. The third-order valence-electron chi connectivity index (χ3n) is 2.27. The van der Waals surface area contributed by atoms with Crippen molar-refractivity contribution in [3.8, 4) is 0 Å². The number of pyridine rings is 1. The maximum absolute atomic E-state index is 11.7. The maximum Gasteiger partial charge on any atom is 0.261 e. The molecule has 0 radical (unpaired) electrons. The molecule has 0 saturated carbocycles. The molecule has 0 spiro atoms. The van der Waals surface area contributed by atoms with Crippen LogP contribution in [0.2, 0.25) is 0 Å². The van der Waals surface area contributed by atoms with Gasteiger partial charge in [0.1, 0.15) is 0 Å². The SMILES string of the molecule is CCn1c(C(C)C)ccc(C=O)c1=O. The number of hydrogen-bond donors (Lipinski definition) is 0. The highest BCUT2D eigenvalue weighted by molar-refractivity contribution is 5.73. The van der Waals surface area contributed by atoms with Crippen LogP contribution in [0.15, 0.2) is 16.9 Å². The molecule has 0 N–H and O–H groups in total.